The van der Waals surface area contributed by atoms with E-state index in [1.807, 2.05) is 0 Å². The summed E-state index contributed by atoms with van der Waals surface area (Å²) in [4.78, 5) is 37.9. The van der Waals surface area contributed by atoms with Crippen molar-refractivity contribution in [3.05, 3.63) is 29.3 Å². The second kappa shape index (κ2) is 7.67. The number of aromatic amines is 1. The molecule has 0 radical (unpaired) electrons. The lowest BCUT2D eigenvalue weighted by Gasteiger charge is -2.56. The highest BCUT2D eigenvalue weighted by Gasteiger charge is 2.52. The molecule has 36 heavy (non-hydrogen) atoms. The quantitative estimate of drug-likeness (QED) is 0.642. The number of halogens is 1. The molecule has 3 heterocycles. The van der Waals surface area contributed by atoms with E-state index in [1.54, 1.807) is 15.9 Å². The third kappa shape index (κ3) is 3.40. The lowest BCUT2D eigenvalue weighted by molar-refractivity contribution is -0.0167. The number of nitrogens with one attached hydrogen (secondary N) is 2. The van der Waals surface area contributed by atoms with E-state index in [4.69, 9.17) is 0 Å². The molecule has 4 aliphatic carbocycles. The number of nitrogens with zero attached hydrogens (tertiary/aromatic N) is 4. The predicted molar refractivity (Wildman–Crippen MR) is 129 cm³/mol. The normalized spacial score (nSPS) is 34.6. The number of carbonyl (C=O) groups is 2. The third-order valence-corrected chi connectivity index (χ3v) is 9.76. The number of H-pyrrole nitrogens is 1. The van der Waals surface area contributed by atoms with Crippen molar-refractivity contribution in [2.24, 2.45) is 23.2 Å². The first-order valence-corrected chi connectivity index (χ1v) is 13.3. The number of rotatable bonds is 3. The van der Waals surface area contributed by atoms with Gasteiger partial charge in [0.2, 0.25) is 0 Å². The summed E-state index contributed by atoms with van der Waals surface area (Å²) in [6.45, 7) is 2.58. The van der Waals surface area contributed by atoms with Gasteiger partial charge in [0.15, 0.2) is 12.0 Å². The van der Waals surface area contributed by atoms with Crippen LogP contribution in [0.15, 0.2) is 12.1 Å². The van der Waals surface area contributed by atoms with Crippen LogP contribution in [-0.4, -0.2) is 63.3 Å². The fourth-order valence-corrected chi connectivity index (χ4v) is 8.55. The molecule has 2 aliphatic heterocycles. The summed E-state index contributed by atoms with van der Waals surface area (Å²) in [7, 11) is 0. The first-order valence-electron chi connectivity index (χ1n) is 13.3. The molecule has 8 nitrogen and oxygen atoms in total. The monoisotopic (exact) mass is 490 g/mol. The summed E-state index contributed by atoms with van der Waals surface area (Å²) in [5.41, 5.74) is 0.341. The molecule has 188 valence electrons. The van der Waals surface area contributed by atoms with Gasteiger partial charge in [-0.15, -0.1) is 0 Å². The molecule has 1 unspecified atom stereocenters. The Bertz CT molecular complexity index is 1280. The van der Waals surface area contributed by atoms with Gasteiger partial charge in [-0.05, 0) is 81.3 Å². The van der Waals surface area contributed by atoms with E-state index in [0.717, 1.165) is 38.6 Å². The molecule has 8 rings (SSSR count). The van der Waals surface area contributed by atoms with Gasteiger partial charge in [0.25, 0.3) is 11.8 Å². The Morgan fingerprint density at radius 2 is 1.78 bits per heavy atom. The molecule has 9 heteroatoms. The van der Waals surface area contributed by atoms with Crippen LogP contribution in [0.5, 0.6) is 0 Å². The van der Waals surface area contributed by atoms with Gasteiger partial charge < -0.3 is 20.1 Å². The van der Waals surface area contributed by atoms with Crippen molar-refractivity contribution in [2.75, 3.05) is 26.2 Å². The van der Waals surface area contributed by atoms with Crippen molar-refractivity contribution in [1.29, 1.82) is 5.26 Å². The zero-order chi connectivity index (χ0) is 24.7. The summed E-state index contributed by atoms with van der Waals surface area (Å²) in [6, 6.07) is 2.83. The fraction of sp³-hybridized carbons (Fsp3) is 0.630. The summed E-state index contributed by atoms with van der Waals surface area (Å²) < 4.78 is 15.1. The number of nitriles is 1. The van der Waals surface area contributed by atoms with E-state index in [1.165, 1.54) is 25.3 Å². The average Bonchev–Trinajstić information content (AvgIpc) is 3.56. The zero-order valence-corrected chi connectivity index (χ0v) is 20.4. The second-order valence-corrected chi connectivity index (χ2v) is 12.3. The van der Waals surface area contributed by atoms with Crippen LogP contribution in [0.25, 0.3) is 11.0 Å². The van der Waals surface area contributed by atoms with Crippen LogP contribution in [0, 0.1) is 40.4 Å². The van der Waals surface area contributed by atoms with Crippen molar-refractivity contribution in [3.8, 4) is 6.19 Å². The Balaban J connectivity index is 1.14. The summed E-state index contributed by atoms with van der Waals surface area (Å²) in [5, 5.41) is 12.5. The standard InChI is InChI=1S/C27H31FN6O2/c28-19-1-2-20-22(21(19)24(35)32-27-10-16-7-17(11-27)9-18(8-16)12-27)31-23(30-20)25(36)34-6-4-26(14-34)3-5-33(13-26)15-29/h1-2,16-18H,3-14H2,(H,30,31)(H,32,35). The van der Waals surface area contributed by atoms with Gasteiger partial charge in [-0.2, -0.15) is 5.26 Å². The lowest BCUT2D eigenvalue weighted by Crippen LogP contribution is -2.59. The summed E-state index contributed by atoms with van der Waals surface area (Å²) in [5.74, 6) is 0.839. The van der Waals surface area contributed by atoms with Crippen LogP contribution in [0.1, 0.15) is 72.3 Å². The number of hydrogen-bond acceptors (Lipinski definition) is 5. The molecule has 6 fully saturated rings. The Morgan fingerprint density at radius 3 is 2.44 bits per heavy atom. The highest BCUT2D eigenvalue weighted by Crippen LogP contribution is 2.55. The smallest absolute Gasteiger partial charge is 0.289 e. The van der Waals surface area contributed by atoms with E-state index in [0.29, 0.717) is 42.9 Å². The molecule has 2 saturated heterocycles. The molecule has 1 spiro atoms. The summed E-state index contributed by atoms with van der Waals surface area (Å²) >= 11 is 0. The maximum Gasteiger partial charge on any atom is 0.289 e. The summed E-state index contributed by atoms with van der Waals surface area (Å²) in [6.07, 6.45) is 10.7. The van der Waals surface area contributed by atoms with Gasteiger partial charge in [-0.1, -0.05) is 0 Å². The van der Waals surface area contributed by atoms with Crippen LogP contribution < -0.4 is 5.32 Å². The number of carbonyl (C=O) groups excluding carboxylic acids is 2. The highest BCUT2D eigenvalue weighted by molar-refractivity contribution is 6.07. The van der Waals surface area contributed by atoms with Crippen LogP contribution in [0.3, 0.4) is 0 Å². The van der Waals surface area contributed by atoms with Crippen molar-refractivity contribution in [3.63, 3.8) is 0 Å². The maximum atomic E-state index is 15.1. The zero-order valence-electron chi connectivity index (χ0n) is 20.4. The fourth-order valence-electron chi connectivity index (χ4n) is 8.55. The molecule has 4 bridgehead atoms. The number of fused-ring (bicyclic) bond motifs is 1. The number of benzene rings is 1. The van der Waals surface area contributed by atoms with Gasteiger partial charge >= 0.3 is 0 Å². The SMILES string of the molecule is N#CN1CCC2(CCN(C(=O)c3nc4c(C(=O)NC56CC7CC(CC(C7)C5)C6)c(F)ccc4[nH]3)C2)C1. The van der Waals surface area contributed by atoms with E-state index < -0.39 is 11.7 Å². The predicted octanol–water partition coefficient (Wildman–Crippen LogP) is 3.42. The van der Waals surface area contributed by atoms with Crippen LogP contribution in [0.4, 0.5) is 4.39 Å². The molecule has 1 aromatic carbocycles. The van der Waals surface area contributed by atoms with Crippen molar-refractivity contribution in [1.82, 2.24) is 25.1 Å². The van der Waals surface area contributed by atoms with Gasteiger partial charge in [-0.3, -0.25) is 9.59 Å². The highest BCUT2D eigenvalue weighted by atomic mass is 19.1. The van der Waals surface area contributed by atoms with E-state index >= 15 is 4.39 Å². The number of amides is 2. The topological polar surface area (TPSA) is 105 Å². The van der Waals surface area contributed by atoms with Crippen LogP contribution in [-0.2, 0) is 0 Å². The number of imidazole rings is 1. The molecule has 1 atom stereocenters. The Labute approximate surface area is 209 Å². The molecule has 2 amide bonds. The van der Waals surface area contributed by atoms with Gasteiger partial charge in [0.1, 0.15) is 16.9 Å². The number of hydrogen-bond donors (Lipinski definition) is 2. The van der Waals surface area contributed by atoms with Crippen molar-refractivity contribution >= 4 is 22.8 Å². The third-order valence-electron chi connectivity index (χ3n) is 9.76. The Kier molecular flexibility index (Phi) is 4.71. The van der Waals surface area contributed by atoms with E-state index in [2.05, 4.69) is 21.5 Å². The molecule has 1 aromatic heterocycles. The maximum absolute atomic E-state index is 15.1. The van der Waals surface area contributed by atoms with Crippen LogP contribution >= 0.6 is 0 Å². The van der Waals surface area contributed by atoms with Gasteiger partial charge in [-0.25, -0.2) is 9.37 Å². The molecular weight excluding hydrogens is 459 g/mol. The largest absolute Gasteiger partial charge is 0.346 e. The van der Waals surface area contributed by atoms with Crippen LogP contribution in [0.2, 0.25) is 0 Å². The van der Waals surface area contributed by atoms with E-state index in [-0.39, 0.29) is 33.8 Å². The van der Waals surface area contributed by atoms with Crippen molar-refractivity contribution < 1.29 is 14.0 Å². The molecule has 6 aliphatic rings. The van der Waals surface area contributed by atoms with E-state index in [9.17, 15) is 14.9 Å². The van der Waals surface area contributed by atoms with Gasteiger partial charge in [0, 0.05) is 37.1 Å². The number of aromatic nitrogens is 2. The lowest BCUT2D eigenvalue weighted by atomic mass is 9.53. The average molecular weight is 491 g/mol. The molecule has 2 aromatic rings. The Morgan fingerprint density at radius 1 is 1.08 bits per heavy atom. The molecule has 2 N–H and O–H groups in total. The molecule has 4 saturated carbocycles. The minimum absolute atomic E-state index is 0.0492. The van der Waals surface area contributed by atoms with Crippen molar-refractivity contribution in [2.45, 2.75) is 56.9 Å². The number of likely N-dealkylation sites (tertiary alicyclic amines) is 2. The first-order chi connectivity index (χ1) is 17.3. The Hall–Kier alpha value is -3.15. The van der Waals surface area contributed by atoms with Gasteiger partial charge in [0.05, 0.1) is 5.52 Å². The second-order valence-electron chi connectivity index (χ2n) is 12.3. The minimum atomic E-state index is -0.613. The first kappa shape index (κ1) is 22.1. The minimum Gasteiger partial charge on any atom is -0.346 e. The molecular formula is C27H31FN6O2.